The van der Waals surface area contributed by atoms with E-state index in [1.807, 2.05) is 0 Å². The number of ether oxygens (including phenoxy) is 1. The number of aromatic nitrogens is 1. The van der Waals surface area contributed by atoms with Crippen molar-refractivity contribution in [2.24, 2.45) is 0 Å². The lowest BCUT2D eigenvalue weighted by atomic mass is 10.1. The van der Waals surface area contributed by atoms with Crippen molar-refractivity contribution in [2.75, 3.05) is 0 Å². The molecule has 0 unspecified atom stereocenters. The molecule has 0 saturated heterocycles. The predicted octanol–water partition coefficient (Wildman–Crippen LogP) is 3.07. The molecule has 0 aliphatic rings. The van der Waals surface area contributed by atoms with Gasteiger partial charge in [0.1, 0.15) is 23.4 Å². The van der Waals surface area contributed by atoms with Crippen LogP contribution in [0.5, 0.6) is 17.2 Å². The summed E-state index contributed by atoms with van der Waals surface area (Å²) in [6.45, 7) is 1.30. The Bertz CT molecular complexity index is 1020. The smallest absolute Gasteiger partial charge is 0.325 e. The van der Waals surface area contributed by atoms with E-state index < -0.39 is 17.9 Å². The number of rotatable bonds is 5. The van der Waals surface area contributed by atoms with Crippen molar-refractivity contribution in [1.82, 2.24) is 10.3 Å². The van der Waals surface area contributed by atoms with E-state index in [1.165, 1.54) is 37.4 Å². The van der Waals surface area contributed by atoms with Crippen molar-refractivity contribution < 1.29 is 28.9 Å². The molecule has 8 heteroatoms. The Morgan fingerprint density at radius 3 is 2.48 bits per heavy atom. The molecule has 1 amide bonds. The average Bonchev–Trinajstić information content (AvgIpc) is 2.63. The van der Waals surface area contributed by atoms with Crippen LogP contribution >= 0.6 is 0 Å². The van der Waals surface area contributed by atoms with Crippen LogP contribution in [0.15, 0.2) is 48.7 Å². The first kappa shape index (κ1) is 18.1. The molecule has 3 rings (SSSR count). The fourth-order valence-corrected chi connectivity index (χ4v) is 2.38. The zero-order chi connectivity index (χ0) is 19.6. The Balaban J connectivity index is 1.87. The highest BCUT2D eigenvalue weighted by atomic mass is 19.1. The van der Waals surface area contributed by atoms with Crippen LogP contribution in [-0.2, 0) is 4.79 Å². The minimum atomic E-state index is -1.20. The summed E-state index contributed by atoms with van der Waals surface area (Å²) in [6, 6.07) is 9.10. The number of fused-ring (bicyclic) bond motifs is 1. The molecular formula is C19H15FN2O5. The van der Waals surface area contributed by atoms with Crippen molar-refractivity contribution >= 4 is 22.6 Å². The number of aromatic hydroxyl groups is 1. The summed E-state index contributed by atoms with van der Waals surface area (Å²) in [6.07, 6.45) is 1.37. The second-order valence-electron chi connectivity index (χ2n) is 5.79. The van der Waals surface area contributed by atoms with Gasteiger partial charge >= 0.3 is 5.97 Å². The van der Waals surface area contributed by atoms with Gasteiger partial charge in [0.15, 0.2) is 11.4 Å². The molecule has 0 saturated carbocycles. The Hall–Kier alpha value is -3.68. The summed E-state index contributed by atoms with van der Waals surface area (Å²) in [4.78, 5) is 26.9. The van der Waals surface area contributed by atoms with Gasteiger partial charge < -0.3 is 20.3 Å². The van der Waals surface area contributed by atoms with Gasteiger partial charge in [0.25, 0.3) is 5.91 Å². The van der Waals surface area contributed by atoms with E-state index in [0.717, 1.165) is 0 Å². The van der Waals surface area contributed by atoms with Gasteiger partial charge in [-0.15, -0.1) is 0 Å². The summed E-state index contributed by atoms with van der Waals surface area (Å²) in [7, 11) is 0. The third-order valence-corrected chi connectivity index (χ3v) is 3.82. The van der Waals surface area contributed by atoms with Crippen molar-refractivity contribution in [1.29, 1.82) is 0 Å². The maximum absolute atomic E-state index is 12.9. The van der Waals surface area contributed by atoms with Gasteiger partial charge in [0.2, 0.25) is 0 Å². The predicted molar refractivity (Wildman–Crippen MR) is 94.4 cm³/mol. The zero-order valence-corrected chi connectivity index (χ0v) is 14.1. The Labute approximate surface area is 153 Å². The van der Waals surface area contributed by atoms with Crippen molar-refractivity contribution in [3.63, 3.8) is 0 Å². The molecule has 3 aromatic rings. The number of carbonyl (C=O) groups is 2. The number of pyridine rings is 1. The number of hydrogen-bond acceptors (Lipinski definition) is 5. The highest BCUT2D eigenvalue weighted by Gasteiger charge is 2.20. The number of carboxylic acids is 1. The first-order chi connectivity index (χ1) is 12.8. The highest BCUT2D eigenvalue weighted by Crippen LogP contribution is 2.31. The lowest BCUT2D eigenvalue weighted by Gasteiger charge is -2.11. The monoisotopic (exact) mass is 370 g/mol. The number of nitrogens with one attached hydrogen (secondary N) is 1. The molecule has 0 bridgehead atoms. The van der Waals surface area contributed by atoms with Crippen LogP contribution in [0, 0.1) is 5.82 Å². The van der Waals surface area contributed by atoms with Crippen LogP contribution in [-0.4, -0.2) is 33.1 Å². The lowest BCUT2D eigenvalue weighted by Crippen LogP contribution is -2.38. The topological polar surface area (TPSA) is 109 Å². The maximum Gasteiger partial charge on any atom is 0.325 e. The summed E-state index contributed by atoms with van der Waals surface area (Å²) in [5, 5.41) is 22.3. The summed E-state index contributed by atoms with van der Waals surface area (Å²) in [5.74, 6) is -1.87. The van der Waals surface area contributed by atoms with Gasteiger partial charge in [0.05, 0.1) is 0 Å². The molecule has 1 heterocycles. The standard InChI is InChI=1S/C19H15FN2O5/c1-10(19(25)26)22-18(24)16-17(23)15-7-6-14(8-11(15)9-21-16)27-13-4-2-12(20)3-5-13/h2-10,23H,1H3,(H,22,24)(H,25,26)/t10-/m0/s1. The molecule has 0 aliphatic heterocycles. The molecule has 0 aliphatic carbocycles. The normalized spacial score (nSPS) is 11.8. The van der Waals surface area contributed by atoms with Crippen LogP contribution in [0.25, 0.3) is 10.8 Å². The molecule has 0 radical (unpaired) electrons. The molecule has 1 atom stereocenters. The fraction of sp³-hybridized carbons (Fsp3) is 0.105. The fourth-order valence-electron chi connectivity index (χ4n) is 2.38. The number of benzene rings is 2. The van der Waals surface area contributed by atoms with E-state index in [0.29, 0.717) is 22.3 Å². The summed E-state index contributed by atoms with van der Waals surface area (Å²) >= 11 is 0. The largest absolute Gasteiger partial charge is 0.505 e. The number of carboxylic acid groups (broad SMARTS) is 1. The van der Waals surface area contributed by atoms with E-state index in [1.54, 1.807) is 18.2 Å². The second kappa shape index (κ2) is 7.28. The van der Waals surface area contributed by atoms with Gasteiger partial charge in [-0.1, -0.05) is 0 Å². The number of aliphatic carboxylic acids is 1. The van der Waals surface area contributed by atoms with E-state index in [9.17, 15) is 19.1 Å². The number of halogens is 1. The molecule has 0 spiro atoms. The van der Waals surface area contributed by atoms with Crippen LogP contribution in [0.1, 0.15) is 17.4 Å². The average molecular weight is 370 g/mol. The van der Waals surface area contributed by atoms with E-state index in [2.05, 4.69) is 10.3 Å². The van der Waals surface area contributed by atoms with Crippen LogP contribution in [0.3, 0.4) is 0 Å². The first-order valence-electron chi connectivity index (χ1n) is 7.94. The van der Waals surface area contributed by atoms with Crippen LogP contribution < -0.4 is 10.1 Å². The Morgan fingerprint density at radius 1 is 1.15 bits per heavy atom. The Morgan fingerprint density at radius 2 is 1.81 bits per heavy atom. The summed E-state index contributed by atoms with van der Waals surface area (Å²) < 4.78 is 18.6. The first-order valence-corrected chi connectivity index (χ1v) is 7.94. The van der Waals surface area contributed by atoms with Gasteiger partial charge in [-0.25, -0.2) is 9.37 Å². The molecule has 2 aromatic carbocycles. The number of nitrogens with zero attached hydrogens (tertiary/aromatic N) is 1. The minimum Gasteiger partial charge on any atom is -0.505 e. The van der Waals surface area contributed by atoms with Gasteiger partial charge in [-0.05, 0) is 49.4 Å². The maximum atomic E-state index is 12.9. The van der Waals surface area contributed by atoms with Gasteiger partial charge in [-0.3, -0.25) is 9.59 Å². The zero-order valence-electron chi connectivity index (χ0n) is 14.1. The highest BCUT2D eigenvalue weighted by molar-refractivity contribution is 6.02. The molecule has 138 valence electrons. The molecular weight excluding hydrogens is 355 g/mol. The van der Waals surface area contributed by atoms with E-state index >= 15 is 0 Å². The second-order valence-corrected chi connectivity index (χ2v) is 5.79. The van der Waals surface area contributed by atoms with Crippen LogP contribution in [0.4, 0.5) is 4.39 Å². The minimum absolute atomic E-state index is 0.275. The molecule has 1 aromatic heterocycles. The van der Waals surface area contributed by atoms with E-state index in [-0.39, 0.29) is 17.3 Å². The number of hydrogen-bond donors (Lipinski definition) is 3. The van der Waals surface area contributed by atoms with Crippen molar-refractivity contribution in [2.45, 2.75) is 13.0 Å². The van der Waals surface area contributed by atoms with Crippen molar-refractivity contribution in [3.05, 3.63) is 60.2 Å². The Kier molecular flexibility index (Phi) is 4.89. The molecule has 27 heavy (non-hydrogen) atoms. The third kappa shape index (κ3) is 3.95. The van der Waals surface area contributed by atoms with Crippen molar-refractivity contribution in [3.8, 4) is 17.2 Å². The molecule has 7 nitrogen and oxygen atoms in total. The van der Waals surface area contributed by atoms with E-state index in [4.69, 9.17) is 9.84 Å². The number of carbonyl (C=O) groups excluding carboxylic acids is 1. The lowest BCUT2D eigenvalue weighted by molar-refractivity contribution is -0.138. The van der Waals surface area contributed by atoms with Crippen LogP contribution in [0.2, 0.25) is 0 Å². The quantitative estimate of drug-likeness (QED) is 0.637. The summed E-state index contributed by atoms with van der Waals surface area (Å²) in [5.41, 5.74) is -0.275. The molecule has 0 fully saturated rings. The third-order valence-electron chi connectivity index (χ3n) is 3.82. The number of amides is 1. The SMILES string of the molecule is C[C@H](NC(=O)c1ncc2cc(Oc3ccc(F)cc3)ccc2c1O)C(=O)O. The van der Waals surface area contributed by atoms with Gasteiger partial charge in [-0.2, -0.15) is 0 Å². The van der Waals surface area contributed by atoms with Gasteiger partial charge in [0, 0.05) is 17.0 Å². The molecule has 3 N–H and O–H groups in total.